The molecule has 0 aliphatic rings. The van der Waals surface area contributed by atoms with Crippen LogP contribution in [-0.4, -0.2) is 29.7 Å². The monoisotopic (exact) mass is 302 g/mol. The fraction of sp³-hybridized carbons (Fsp3) is 0.769. The van der Waals surface area contributed by atoms with E-state index < -0.39 is 9.84 Å². The van der Waals surface area contributed by atoms with Gasteiger partial charge in [-0.15, -0.1) is 0 Å². The Hall–Kier alpha value is -0.920. The number of hydrazine groups is 1. The highest BCUT2D eigenvalue weighted by Gasteiger charge is 2.17. The van der Waals surface area contributed by atoms with Crippen molar-refractivity contribution in [2.24, 2.45) is 5.84 Å². The second kappa shape index (κ2) is 7.75. The zero-order valence-electron chi connectivity index (χ0n) is 12.6. The van der Waals surface area contributed by atoms with Crippen molar-refractivity contribution >= 4 is 9.84 Å². The van der Waals surface area contributed by atoms with Crippen molar-refractivity contribution in [2.45, 2.75) is 52.6 Å². The Balaban J connectivity index is 2.73. The molecule has 7 heteroatoms. The van der Waals surface area contributed by atoms with E-state index in [4.69, 9.17) is 5.84 Å². The fourth-order valence-electron chi connectivity index (χ4n) is 2.16. The van der Waals surface area contributed by atoms with Crippen LogP contribution in [0.1, 0.15) is 51.0 Å². The Kier molecular flexibility index (Phi) is 6.64. The molecule has 0 saturated carbocycles. The Morgan fingerprint density at radius 1 is 1.40 bits per heavy atom. The molecule has 0 spiro atoms. The number of nitrogens with zero attached hydrogens (tertiary/aromatic N) is 2. The maximum Gasteiger partial charge on any atom is 0.150 e. The van der Waals surface area contributed by atoms with Crippen molar-refractivity contribution in [2.75, 3.05) is 11.5 Å². The third-order valence-corrected chi connectivity index (χ3v) is 5.26. The molecule has 0 amide bonds. The van der Waals surface area contributed by atoms with Crippen molar-refractivity contribution in [1.29, 1.82) is 0 Å². The summed E-state index contributed by atoms with van der Waals surface area (Å²) < 4.78 is 24.9. The average molecular weight is 302 g/mol. The van der Waals surface area contributed by atoms with Gasteiger partial charge in [-0.05, 0) is 32.3 Å². The molecule has 0 aliphatic carbocycles. The Morgan fingerprint density at radius 3 is 2.60 bits per heavy atom. The minimum Gasteiger partial charge on any atom is -0.271 e. The van der Waals surface area contributed by atoms with Crippen LogP contribution in [-0.2, 0) is 22.8 Å². The summed E-state index contributed by atoms with van der Waals surface area (Å²) in [5, 5.41) is 4.49. The average Bonchev–Trinajstić information content (AvgIpc) is 2.86. The molecule has 1 aromatic heterocycles. The Morgan fingerprint density at radius 2 is 2.10 bits per heavy atom. The summed E-state index contributed by atoms with van der Waals surface area (Å²) in [6.45, 7) is 6.55. The molecule has 3 N–H and O–H groups in total. The van der Waals surface area contributed by atoms with E-state index in [2.05, 4.69) is 17.4 Å². The minimum atomic E-state index is -2.91. The van der Waals surface area contributed by atoms with Gasteiger partial charge in [0.25, 0.3) is 0 Å². The van der Waals surface area contributed by atoms with Crippen LogP contribution in [0, 0.1) is 0 Å². The summed E-state index contributed by atoms with van der Waals surface area (Å²) in [4.78, 5) is 0. The van der Waals surface area contributed by atoms with Crippen molar-refractivity contribution in [3.8, 4) is 0 Å². The number of nitrogens with one attached hydrogen (secondary N) is 1. The molecule has 0 radical (unpaired) electrons. The van der Waals surface area contributed by atoms with Crippen molar-refractivity contribution in [3.63, 3.8) is 0 Å². The van der Waals surface area contributed by atoms with Gasteiger partial charge >= 0.3 is 0 Å². The van der Waals surface area contributed by atoms with Gasteiger partial charge < -0.3 is 0 Å². The van der Waals surface area contributed by atoms with Crippen molar-refractivity contribution < 1.29 is 8.42 Å². The van der Waals surface area contributed by atoms with Gasteiger partial charge in [-0.1, -0.05) is 13.8 Å². The maximum absolute atomic E-state index is 11.5. The van der Waals surface area contributed by atoms with Gasteiger partial charge in [0.2, 0.25) is 0 Å². The third-order valence-electron chi connectivity index (χ3n) is 3.47. The van der Waals surface area contributed by atoms with Gasteiger partial charge in [0.05, 0.1) is 23.2 Å². The molecule has 20 heavy (non-hydrogen) atoms. The molecule has 0 saturated heterocycles. The molecule has 0 aliphatic heterocycles. The largest absolute Gasteiger partial charge is 0.271 e. The van der Waals surface area contributed by atoms with Crippen LogP contribution in [0.2, 0.25) is 0 Å². The van der Waals surface area contributed by atoms with Gasteiger partial charge in [0, 0.05) is 12.3 Å². The summed E-state index contributed by atoms with van der Waals surface area (Å²) in [6.07, 6.45) is 2.16. The van der Waals surface area contributed by atoms with Crippen LogP contribution in [0.25, 0.3) is 0 Å². The number of sulfone groups is 1. The zero-order valence-corrected chi connectivity index (χ0v) is 13.4. The second-order valence-electron chi connectivity index (χ2n) is 4.83. The van der Waals surface area contributed by atoms with E-state index in [9.17, 15) is 8.42 Å². The van der Waals surface area contributed by atoms with E-state index in [0.29, 0.717) is 12.8 Å². The van der Waals surface area contributed by atoms with Crippen LogP contribution >= 0.6 is 0 Å². The zero-order chi connectivity index (χ0) is 15.2. The molecule has 1 heterocycles. The van der Waals surface area contributed by atoms with Crippen LogP contribution in [0.3, 0.4) is 0 Å². The molecule has 1 unspecified atom stereocenters. The number of aromatic nitrogens is 2. The first-order chi connectivity index (χ1) is 9.47. The smallest absolute Gasteiger partial charge is 0.150 e. The van der Waals surface area contributed by atoms with Gasteiger partial charge in [0.1, 0.15) is 9.84 Å². The van der Waals surface area contributed by atoms with Crippen LogP contribution in [0.15, 0.2) is 6.07 Å². The molecule has 1 rings (SSSR count). The quantitative estimate of drug-likeness (QED) is 0.528. The molecule has 1 atom stereocenters. The first-order valence-electron chi connectivity index (χ1n) is 7.20. The molecule has 0 bridgehead atoms. The molecular formula is C13H26N4O2S. The number of hydrogen-bond donors (Lipinski definition) is 2. The number of rotatable bonds is 9. The highest BCUT2D eigenvalue weighted by Crippen LogP contribution is 2.20. The SMILES string of the molecule is CCc1cc(C(CCCS(=O)(=O)CC)NN)n(CC)n1. The summed E-state index contributed by atoms with van der Waals surface area (Å²) in [5.74, 6) is 6.03. The predicted molar refractivity (Wildman–Crippen MR) is 80.9 cm³/mol. The highest BCUT2D eigenvalue weighted by atomic mass is 32.2. The molecule has 6 nitrogen and oxygen atoms in total. The third kappa shape index (κ3) is 4.57. The summed E-state index contributed by atoms with van der Waals surface area (Å²) >= 11 is 0. The van der Waals surface area contributed by atoms with Crippen LogP contribution < -0.4 is 11.3 Å². The number of aryl methyl sites for hydroxylation is 2. The Bertz CT molecular complexity index is 510. The van der Waals surface area contributed by atoms with E-state index in [-0.39, 0.29) is 17.5 Å². The summed E-state index contributed by atoms with van der Waals surface area (Å²) in [6, 6.07) is 1.98. The lowest BCUT2D eigenvalue weighted by molar-refractivity contribution is 0.461. The number of nitrogens with two attached hydrogens (primary N) is 1. The maximum atomic E-state index is 11.5. The topological polar surface area (TPSA) is 90.0 Å². The van der Waals surface area contributed by atoms with Crippen LogP contribution in [0.4, 0.5) is 0 Å². The molecule has 1 aromatic rings. The van der Waals surface area contributed by atoms with Gasteiger partial charge in [0.15, 0.2) is 0 Å². The van der Waals surface area contributed by atoms with E-state index in [0.717, 1.165) is 24.4 Å². The van der Waals surface area contributed by atoms with Crippen LogP contribution in [0.5, 0.6) is 0 Å². The van der Waals surface area contributed by atoms with Crippen molar-refractivity contribution in [3.05, 3.63) is 17.5 Å². The molecular weight excluding hydrogens is 276 g/mol. The lowest BCUT2D eigenvalue weighted by Gasteiger charge is -2.17. The summed E-state index contributed by atoms with van der Waals surface area (Å²) in [5.41, 5.74) is 4.84. The first kappa shape index (κ1) is 17.1. The second-order valence-corrected chi connectivity index (χ2v) is 7.30. The molecule has 0 fully saturated rings. The normalized spacial score (nSPS) is 13.6. The van der Waals surface area contributed by atoms with E-state index in [1.807, 2.05) is 17.7 Å². The fourth-order valence-corrected chi connectivity index (χ4v) is 3.06. The van der Waals surface area contributed by atoms with E-state index in [1.165, 1.54) is 0 Å². The first-order valence-corrected chi connectivity index (χ1v) is 9.02. The standard InChI is InChI=1S/C13H26N4O2S/c1-4-11-10-13(17(5-2)16-11)12(15-14)8-7-9-20(18,19)6-3/h10,12,15H,4-9,14H2,1-3H3. The lowest BCUT2D eigenvalue weighted by Crippen LogP contribution is -2.30. The van der Waals surface area contributed by atoms with Gasteiger partial charge in [-0.2, -0.15) is 5.10 Å². The van der Waals surface area contributed by atoms with Crippen molar-refractivity contribution in [1.82, 2.24) is 15.2 Å². The van der Waals surface area contributed by atoms with Gasteiger partial charge in [-0.3, -0.25) is 16.0 Å². The highest BCUT2D eigenvalue weighted by molar-refractivity contribution is 7.91. The summed E-state index contributed by atoms with van der Waals surface area (Å²) in [7, 11) is -2.91. The van der Waals surface area contributed by atoms with E-state index in [1.54, 1.807) is 6.92 Å². The Labute approximate surface area is 121 Å². The predicted octanol–water partition coefficient (Wildman–Crippen LogP) is 1.18. The minimum absolute atomic E-state index is 0.0604. The number of hydrogen-bond acceptors (Lipinski definition) is 5. The molecule has 116 valence electrons. The lowest BCUT2D eigenvalue weighted by atomic mass is 10.1. The van der Waals surface area contributed by atoms with Gasteiger partial charge in [-0.25, -0.2) is 8.42 Å². The van der Waals surface area contributed by atoms with E-state index >= 15 is 0 Å². The molecule has 0 aromatic carbocycles.